The number of hydrogen-bond donors (Lipinski definition) is 4. The van der Waals surface area contributed by atoms with E-state index in [4.69, 9.17) is 19.7 Å². The Morgan fingerprint density at radius 3 is 2.53 bits per heavy atom. The van der Waals surface area contributed by atoms with Crippen molar-refractivity contribution >= 4 is 5.97 Å². The maximum Gasteiger partial charge on any atom is 0.378 e. The van der Waals surface area contributed by atoms with E-state index >= 15 is 0 Å². The minimum absolute atomic E-state index is 0.0419. The molecule has 0 aliphatic heterocycles. The molecule has 0 aliphatic carbocycles. The average molecular weight is 216 g/mol. The van der Waals surface area contributed by atoms with Crippen LogP contribution in [0.3, 0.4) is 0 Å². The Hall–Kier alpha value is -2.15. The van der Waals surface area contributed by atoms with E-state index in [9.17, 15) is 9.90 Å². The average Bonchev–Trinajstić information content (AvgIpc) is 2.68. The lowest BCUT2D eigenvalue weighted by atomic mass is 10.4. The fourth-order valence-corrected chi connectivity index (χ4v) is 0.743. The van der Waals surface area contributed by atoms with Crippen LogP contribution in [0.1, 0.15) is 12.1 Å². The first-order chi connectivity index (χ1) is 7.02. The molecule has 0 fully saturated rings. The lowest BCUT2D eigenvalue weighted by Gasteiger charge is -2.09. The van der Waals surface area contributed by atoms with E-state index in [2.05, 4.69) is 4.74 Å². The molecule has 1 unspecified atom stereocenters. The molecule has 0 amide bonds. The zero-order chi connectivity index (χ0) is 11.4. The molecule has 7 nitrogen and oxygen atoms in total. The highest BCUT2D eigenvalue weighted by Crippen LogP contribution is 2.17. The number of aliphatic carboxylic acids is 1. The monoisotopic (exact) mass is 216 g/mol. The van der Waals surface area contributed by atoms with Crippen LogP contribution in [0.15, 0.2) is 34.5 Å². The van der Waals surface area contributed by atoms with Gasteiger partial charge in [-0.15, -0.1) is 0 Å². The summed E-state index contributed by atoms with van der Waals surface area (Å²) in [5, 5.41) is 35.0. The SMILES string of the molecule is O=C(O)C(O)=C(O)OC(O)c1ccco1. The van der Waals surface area contributed by atoms with Crippen LogP contribution in [-0.4, -0.2) is 26.4 Å². The third-order valence-electron chi connectivity index (χ3n) is 1.41. The summed E-state index contributed by atoms with van der Waals surface area (Å²) in [7, 11) is 0. The molecule has 82 valence electrons. The Balaban J connectivity index is 2.71. The molecule has 0 spiro atoms. The Kier molecular flexibility index (Phi) is 3.19. The van der Waals surface area contributed by atoms with E-state index < -0.39 is 24.0 Å². The number of aliphatic hydroxyl groups excluding tert-OH is 3. The van der Waals surface area contributed by atoms with Crippen LogP contribution in [0.5, 0.6) is 0 Å². The van der Waals surface area contributed by atoms with Gasteiger partial charge in [0.15, 0.2) is 5.76 Å². The molecule has 0 bridgehead atoms. The fourth-order valence-electron chi connectivity index (χ4n) is 0.743. The summed E-state index contributed by atoms with van der Waals surface area (Å²) in [5.41, 5.74) is 0. The van der Waals surface area contributed by atoms with E-state index in [0.29, 0.717) is 0 Å². The Morgan fingerprint density at radius 2 is 2.07 bits per heavy atom. The molecule has 0 saturated carbocycles. The van der Waals surface area contributed by atoms with Crippen molar-refractivity contribution in [1.82, 2.24) is 0 Å². The van der Waals surface area contributed by atoms with Gasteiger partial charge in [0.2, 0.25) is 0 Å². The molecule has 4 N–H and O–H groups in total. The van der Waals surface area contributed by atoms with Crippen LogP contribution in [-0.2, 0) is 9.53 Å². The minimum atomic E-state index is -1.78. The highest BCUT2D eigenvalue weighted by atomic mass is 16.7. The Morgan fingerprint density at radius 1 is 1.40 bits per heavy atom. The van der Waals surface area contributed by atoms with Crippen molar-refractivity contribution in [3.8, 4) is 0 Å². The van der Waals surface area contributed by atoms with E-state index in [-0.39, 0.29) is 5.76 Å². The van der Waals surface area contributed by atoms with Crippen molar-refractivity contribution < 1.29 is 34.4 Å². The van der Waals surface area contributed by atoms with Gasteiger partial charge in [0.25, 0.3) is 12.0 Å². The van der Waals surface area contributed by atoms with Crippen molar-refractivity contribution in [2.45, 2.75) is 6.29 Å². The first kappa shape index (κ1) is 10.9. The molecule has 15 heavy (non-hydrogen) atoms. The molecule has 1 aromatic rings. The smallest absolute Gasteiger partial charge is 0.378 e. The predicted octanol–water partition coefficient (Wildman–Crippen LogP) is 0.657. The highest BCUT2D eigenvalue weighted by Gasteiger charge is 2.19. The van der Waals surface area contributed by atoms with Gasteiger partial charge in [-0.05, 0) is 12.1 Å². The molecular formula is C8H8O7. The lowest BCUT2D eigenvalue weighted by Crippen LogP contribution is -2.09. The van der Waals surface area contributed by atoms with E-state index in [1.165, 1.54) is 18.4 Å². The number of rotatable bonds is 4. The van der Waals surface area contributed by atoms with Crippen LogP contribution in [0, 0.1) is 0 Å². The molecule has 7 heteroatoms. The second-order valence-corrected chi connectivity index (χ2v) is 2.44. The minimum Gasteiger partial charge on any atom is -0.497 e. The maximum absolute atomic E-state index is 10.2. The first-order valence-electron chi connectivity index (χ1n) is 3.76. The third-order valence-corrected chi connectivity index (χ3v) is 1.41. The number of ether oxygens (including phenoxy) is 1. The highest BCUT2D eigenvalue weighted by molar-refractivity contribution is 5.83. The Labute approximate surface area is 83.4 Å². The number of carboxylic acid groups (broad SMARTS) is 1. The van der Waals surface area contributed by atoms with Crippen molar-refractivity contribution in [1.29, 1.82) is 0 Å². The first-order valence-corrected chi connectivity index (χ1v) is 3.76. The van der Waals surface area contributed by atoms with Crippen molar-refractivity contribution in [2.24, 2.45) is 0 Å². The van der Waals surface area contributed by atoms with Crippen LogP contribution in [0.4, 0.5) is 0 Å². The summed E-state index contributed by atoms with van der Waals surface area (Å²) < 4.78 is 8.98. The number of hydrogen-bond acceptors (Lipinski definition) is 6. The molecule has 1 atom stereocenters. The second-order valence-electron chi connectivity index (χ2n) is 2.44. The Bertz CT molecular complexity index is 364. The largest absolute Gasteiger partial charge is 0.497 e. The summed E-state index contributed by atoms with van der Waals surface area (Å²) in [6.07, 6.45) is -0.443. The van der Waals surface area contributed by atoms with Gasteiger partial charge >= 0.3 is 11.9 Å². The maximum atomic E-state index is 10.2. The molecule has 1 aromatic heterocycles. The fraction of sp³-hybridized carbons (Fsp3) is 0.125. The summed E-state index contributed by atoms with van der Waals surface area (Å²) >= 11 is 0. The lowest BCUT2D eigenvalue weighted by molar-refractivity contribution is -0.141. The zero-order valence-electron chi connectivity index (χ0n) is 7.32. The van der Waals surface area contributed by atoms with Gasteiger partial charge in [-0.3, -0.25) is 0 Å². The summed E-state index contributed by atoms with van der Waals surface area (Å²) in [6, 6.07) is 2.80. The van der Waals surface area contributed by atoms with Crippen LogP contribution >= 0.6 is 0 Å². The van der Waals surface area contributed by atoms with Crippen molar-refractivity contribution in [3.63, 3.8) is 0 Å². The topological polar surface area (TPSA) is 120 Å². The van der Waals surface area contributed by atoms with E-state index in [1.54, 1.807) is 0 Å². The number of aliphatic hydroxyl groups is 3. The van der Waals surface area contributed by atoms with Crippen molar-refractivity contribution in [2.75, 3.05) is 0 Å². The van der Waals surface area contributed by atoms with E-state index in [1.807, 2.05) is 0 Å². The van der Waals surface area contributed by atoms with Crippen LogP contribution in [0.2, 0.25) is 0 Å². The van der Waals surface area contributed by atoms with Gasteiger partial charge in [0.05, 0.1) is 6.26 Å². The number of carbonyl (C=O) groups is 1. The van der Waals surface area contributed by atoms with Gasteiger partial charge in [-0.1, -0.05) is 0 Å². The van der Waals surface area contributed by atoms with Gasteiger partial charge < -0.3 is 29.6 Å². The van der Waals surface area contributed by atoms with Gasteiger partial charge in [0.1, 0.15) is 0 Å². The standard InChI is InChI=1S/C8H8O7/c9-5(6(10)11)8(13)15-7(12)4-2-1-3-14-4/h1-3,7,9,12-13H,(H,10,11). The predicted molar refractivity (Wildman–Crippen MR) is 44.7 cm³/mol. The summed E-state index contributed by atoms with van der Waals surface area (Å²) in [4.78, 5) is 10.2. The normalized spacial score (nSPS) is 14.2. The van der Waals surface area contributed by atoms with Crippen molar-refractivity contribution in [3.05, 3.63) is 35.9 Å². The molecule has 0 aromatic carbocycles. The van der Waals surface area contributed by atoms with Gasteiger partial charge in [-0.25, -0.2) is 4.79 Å². The molecule has 1 heterocycles. The second kappa shape index (κ2) is 4.38. The summed E-state index contributed by atoms with van der Waals surface area (Å²) in [6.45, 7) is 0. The molecular weight excluding hydrogens is 208 g/mol. The third kappa shape index (κ3) is 2.64. The number of carboxylic acids is 1. The van der Waals surface area contributed by atoms with Crippen LogP contribution < -0.4 is 0 Å². The molecule has 0 radical (unpaired) electrons. The summed E-state index contributed by atoms with van der Waals surface area (Å²) in [5.74, 6) is -4.52. The van der Waals surface area contributed by atoms with E-state index in [0.717, 1.165) is 0 Å². The number of furan rings is 1. The molecule has 0 saturated heterocycles. The molecule has 0 aliphatic rings. The molecule has 1 rings (SSSR count). The zero-order valence-corrected chi connectivity index (χ0v) is 7.32. The van der Waals surface area contributed by atoms with Gasteiger partial charge in [-0.2, -0.15) is 0 Å². The van der Waals surface area contributed by atoms with Crippen LogP contribution in [0.25, 0.3) is 0 Å². The quantitative estimate of drug-likeness (QED) is 0.331. The van der Waals surface area contributed by atoms with Gasteiger partial charge in [0, 0.05) is 0 Å².